The molecule has 0 radical (unpaired) electrons. The number of halogens is 1. The minimum Gasteiger partial charge on any atom is -0.375 e. The third-order valence-electron chi connectivity index (χ3n) is 2.96. The molecule has 1 amide bonds. The van der Waals surface area contributed by atoms with Crippen LogP contribution in [0.1, 0.15) is 24.2 Å². The van der Waals surface area contributed by atoms with E-state index >= 15 is 0 Å². The first-order valence-electron chi connectivity index (χ1n) is 5.76. The highest BCUT2D eigenvalue weighted by Crippen LogP contribution is 2.16. The number of hydrogen-bond donors (Lipinski definition) is 0. The van der Waals surface area contributed by atoms with Crippen LogP contribution in [0.15, 0.2) is 24.3 Å². The molecule has 17 heavy (non-hydrogen) atoms. The number of carbonyl (C=O) groups excluding carboxylic acids is 1. The average molecular weight is 345 g/mol. The van der Waals surface area contributed by atoms with Crippen molar-refractivity contribution in [2.24, 2.45) is 0 Å². The van der Waals surface area contributed by atoms with Gasteiger partial charge in [0.15, 0.2) is 0 Å². The largest absolute Gasteiger partial charge is 0.375 e. The summed E-state index contributed by atoms with van der Waals surface area (Å²) in [5.41, 5.74) is 0.756. The predicted octanol–water partition coefficient (Wildman–Crippen LogP) is 2.54. The highest BCUT2D eigenvalue weighted by Gasteiger charge is 2.27. The Labute approximate surface area is 115 Å². The van der Waals surface area contributed by atoms with Crippen molar-refractivity contribution >= 4 is 28.5 Å². The number of hydrogen-bond acceptors (Lipinski definition) is 2. The molecule has 0 aliphatic carbocycles. The van der Waals surface area contributed by atoms with Crippen molar-refractivity contribution in [2.45, 2.75) is 26.0 Å². The van der Waals surface area contributed by atoms with Gasteiger partial charge in [-0.2, -0.15) is 0 Å². The fourth-order valence-corrected chi connectivity index (χ4v) is 2.30. The third kappa shape index (κ3) is 2.98. The molecule has 1 fully saturated rings. The van der Waals surface area contributed by atoms with Crippen molar-refractivity contribution < 1.29 is 9.53 Å². The lowest BCUT2D eigenvalue weighted by Gasteiger charge is -2.36. The van der Waals surface area contributed by atoms with E-state index in [1.54, 1.807) is 0 Å². The molecule has 2 unspecified atom stereocenters. The zero-order valence-electron chi connectivity index (χ0n) is 10.0. The zero-order valence-corrected chi connectivity index (χ0v) is 12.2. The summed E-state index contributed by atoms with van der Waals surface area (Å²) in [5.74, 6) is 0.101. The van der Waals surface area contributed by atoms with Crippen molar-refractivity contribution in [3.63, 3.8) is 0 Å². The van der Waals surface area contributed by atoms with Gasteiger partial charge in [-0.1, -0.05) is 0 Å². The summed E-state index contributed by atoms with van der Waals surface area (Å²) in [6.45, 7) is 5.32. The smallest absolute Gasteiger partial charge is 0.254 e. The van der Waals surface area contributed by atoms with Gasteiger partial charge in [0.1, 0.15) is 0 Å². The second-order valence-electron chi connectivity index (χ2n) is 4.46. The van der Waals surface area contributed by atoms with Crippen LogP contribution in [-0.4, -0.2) is 36.1 Å². The van der Waals surface area contributed by atoms with Crippen molar-refractivity contribution in [1.29, 1.82) is 0 Å². The van der Waals surface area contributed by atoms with Gasteiger partial charge in [0.25, 0.3) is 5.91 Å². The molecule has 1 aliphatic heterocycles. The fourth-order valence-electron chi connectivity index (χ4n) is 1.94. The van der Waals surface area contributed by atoms with Crippen LogP contribution >= 0.6 is 22.6 Å². The predicted molar refractivity (Wildman–Crippen MR) is 75.1 cm³/mol. The first-order valence-corrected chi connectivity index (χ1v) is 6.84. The van der Waals surface area contributed by atoms with E-state index in [4.69, 9.17) is 4.74 Å². The monoisotopic (exact) mass is 345 g/mol. The Bertz CT molecular complexity index is 404. The van der Waals surface area contributed by atoms with Gasteiger partial charge in [-0.3, -0.25) is 4.79 Å². The molecule has 0 spiro atoms. The topological polar surface area (TPSA) is 29.5 Å². The highest BCUT2D eigenvalue weighted by atomic mass is 127. The lowest BCUT2D eigenvalue weighted by atomic mass is 10.1. The minimum absolute atomic E-state index is 0.101. The number of amides is 1. The van der Waals surface area contributed by atoms with Crippen molar-refractivity contribution in [3.05, 3.63) is 33.4 Å². The second-order valence-corrected chi connectivity index (χ2v) is 5.70. The lowest BCUT2D eigenvalue weighted by Crippen LogP contribution is -2.50. The van der Waals surface area contributed by atoms with Crippen molar-refractivity contribution in [3.8, 4) is 0 Å². The van der Waals surface area contributed by atoms with Crippen molar-refractivity contribution in [2.75, 3.05) is 13.2 Å². The maximum absolute atomic E-state index is 12.3. The molecule has 2 rings (SSSR count). The van der Waals surface area contributed by atoms with Crippen LogP contribution in [0.25, 0.3) is 0 Å². The van der Waals surface area contributed by atoms with Crippen LogP contribution < -0.4 is 0 Å². The maximum Gasteiger partial charge on any atom is 0.254 e. The zero-order chi connectivity index (χ0) is 12.4. The van der Waals surface area contributed by atoms with Crippen LogP contribution in [0.2, 0.25) is 0 Å². The molecule has 0 N–H and O–H groups in total. The Morgan fingerprint density at radius 1 is 1.35 bits per heavy atom. The second kappa shape index (κ2) is 5.35. The first kappa shape index (κ1) is 12.8. The SMILES string of the molecule is CC1CN(C(=O)c2ccc(I)cc2)C(C)CO1. The Morgan fingerprint density at radius 2 is 2.00 bits per heavy atom. The van der Waals surface area contributed by atoms with E-state index < -0.39 is 0 Å². The molecule has 3 nitrogen and oxygen atoms in total. The molecule has 1 aromatic carbocycles. The minimum atomic E-state index is 0.101. The van der Waals surface area contributed by atoms with Crippen LogP contribution in [0, 0.1) is 3.57 Å². The van der Waals surface area contributed by atoms with E-state index in [1.165, 1.54) is 0 Å². The summed E-state index contributed by atoms with van der Waals surface area (Å²) in [4.78, 5) is 14.2. The molecular weight excluding hydrogens is 329 g/mol. The van der Waals surface area contributed by atoms with Gasteiger partial charge in [0.2, 0.25) is 0 Å². The molecule has 4 heteroatoms. The molecule has 1 aromatic rings. The molecule has 2 atom stereocenters. The number of carbonyl (C=O) groups is 1. The van der Waals surface area contributed by atoms with Gasteiger partial charge in [-0.05, 0) is 60.7 Å². The van der Waals surface area contributed by atoms with Crippen LogP contribution in [0.5, 0.6) is 0 Å². The Kier molecular flexibility index (Phi) is 4.04. The number of benzene rings is 1. The van der Waals surface area contributed by atoms with Crippen LogP contribution in [0.4, 0.5) is 0 Å². The molecule has 1 saturated heterocycles. The van der Waals surface area contributed by atoms with E-state index in [1.807, 2.05) is 43.0 Å². The normalized spacial score (nSPS) is 24.8. The van der Waals surface area contributed by atoms with E-state index in [-0.39, 0.29) is 18.1 Å². The van der Waals surface area contributed by atoms with Crippen molar-refractivity contribution in [1.82, 2.24) is 4.90 Å². The Balaban J connectivity index is 2.15. The van der Waals surface area contributed by atoms with E-state index in [0.29, 0.717) is 13.2 Å². The fraction of sp³-hybridized carbons (Fsp3) is 0.462. The van der Waals surface area contributed by atoms with Gasteiger partial charge in [0.05, 0.1) is 18.8 Å². The highest BCUT2D eigenvalue weighted by molar-refractivity contribution is 14.1. The van der Waals surface area contributed by atoms with E-state index in [0.717, 1.165) is 9.13 Å². The third-order valence-corrected chi connectivity index (χ3v) is 3.68. The number of rotatable bonds is 1. The lowest BCUT2D eigenvalue weighted by molar-refractivity contribution is -0.0387. The van der Waals surface area contributed by atoms with E-state index in [2.05, 4.69) is 22.6 Å². The van der Waals surface area contributed by atoms with Crippen LogP contribution in [0.3, 0.4) is 0 Å². The standard InChI is InChI=1S/C13H16INO2/c1-9-8-17-10(2)7-15(9)13(16)11-3-5-12(14)6-4-11/h3-6,9-10H,7-8H2,1-2H3. The molecule has 0 saturated carbocycles. The molecule has 0 aromatic heterocycles. The quantitative estimate of drug-likeness (QED) is 0.732. The van der Waals surface area contributed by atoms with Gasteiger partial charge >= 0.3 is 0 Å². The summed E-state index contributed by atoms with van der Waals surface area (Å²) in [6.07, 6.45) is 0.124. The Morgan fingerprint density at radius 3 is 2.65 bits per heavy atom. The summed E-state index contributed by atoms with van der Waals surface area (Å²) in [6, 6.07) is 7.84. The maximum atomic E-state index is 12.3. The van der Waals surface area contributed by atoms with Gasteiger partial charge in [-0.25, -0.2) is 0 Å². The molecule has 1 aliphatic rings. The summed E-state index contributed by atoms with van der Waals surface area (Å²) in [5, 5.41) is 0. The van der Waals surface area contributed by atoms with Gasteiger partial charge in [-0.15, -0.1) is 0 Å². The molecular formula is C13H16INO2. The average Bonchev–Trinajstić information content (AvgIpc) is 2.32. The van der Waals surface area contributed by atoms with Gasteiger partial charge < -0.3 is 9.64 Å². The summed E-state index contributed by atoms with van der Waals surface area (Å²) >= 11 is 2.24. The summed E-state index contributed by atoms with van der Waals surface area (Å²) < 4.78 is 6.67. The molecule has 0 bridgehead atoms. The molecule has 92 valence electrons. The van der Waals surface area contributed by atoms with E-state index in [9.17, 15) is 4.79 Å². The van der Waals surface area contributed by atoms with Gasteiger partial charge in [0, 0.05) is 15.7 Å². The Hall–Kier alpha value is -0.620. The molecule has 1 heterocycles. The number of ether oxygens (including phenoxy) is 1. The van der Waals surface area contributed by atoms with Crippen LogP contribution in [-0.2, 0) is 4.74 Å². The number of morpholine rings is 1. The summed E-state index contributed by atoms with van der Waals surface area (Å²) in [7, 11) is 0. The number of nitrogens with zero attached hydrogens (tertiary/aromatic N) is 1. The first-order chi connectivity index (χ1) is 8.08.